The Balaban J connectivity index is 1.23. The van der Waals surface area contributed by atoms with Crippen molar-refractivity contribution in [2.75, 3.05) is 42.9 Å². The number of hydrogen-bond donors (Lipinski definition) is 1. The minimum absolute atomic E-state index is 0.0291. The van der Waals surface area contributed by atoms with E-state index in [0.717, 1.165) is 43.7 Å². The largest absolute Gasteiger partial charge is 0.402 e. The zero-order chi connectivity index (χ0) is 28.4. The van der Waals surface area contributed by atoms with Crippen molar-refractivity contribution >= 4 is 29.2 Å². The molecule has 0 unspecified atom stereocenters. The molecule has 214 valence electrons. The van der Waals surface area contributed by atoms with Crippen LogP contribution >= 0.6 is 11.6 Å². The number of halogens is 2. The van der Waals surface area contributed by atoms with Gasteiger partial charge in [0, 0.05) is 56.4 Å². The van der Waals surface area contributed by atoms with E-state index in [4.69, 9.17) is 21.0 Å². The average molecular weight is 570 g/mol. The number of anilines is 2. The van der Waals surface area contributed by atoms with Gasteiger partial charge in [0.2, 0.25) is 0 Å². The van der Waals surface area contributed by atoms with Gasteiger partial charge >= 0.3 is 6.01 Å². The molecule has 3 aromatic rings. The molecule has 2 aliphatic rings. The van der Waals surface area contributed by atoms with E-state index >= 15 is 0 Å². The SMILES string of the molecule is CCNc1nnc(-c2ccc(N3C[C@H](CC)N(C4CCN(C(=O)c5ccc(Cl)c(F)c5)CC4)C[C@H]3C)c(C)n2)o1. The predicted molar refractivity (Wildman–Crippen MR) is 154 cm³/mol. The van der Waals surface area contributed by atoms with Crippen LogP contribution in [0.5, 0.6) is 0 Å². The van der Waals surface area contributed by atoms with Gasteiger partial charge in [-0.2, -0.15) is 0 Å². The number of pyridine rings is 1. The lowest BCUT2D eigenvalue weighted by atomic mass is 9.95. The highest BCUT2D eigenvalue weighted by Gasteiger charge is 2.37. The van der Waals surface area contributed by atoms with Crippen LogP contribution in [0.1, 0.15) is 56.1 Å². The molecule has 11 heteroatoms. The van der Waals surface area contributed by atoms with Gasteiger partial charge in [0.25, 0.3) is 11.8 Å². The fraction of sp³-hybridized carbons (Fsp3) is 0.517. The first kappa shape index (κ1) is 28.3. The van der Waals surface area contributed by atoms with Crippen molar-refractivity contribution in [2.24, 2.45) is 0 Å². The van der Waals surface area contributed by atoms with E-state index in [2.05, 4.69) is 45.2 Å². The highest BCUT2D eigenvalue weighted by molar-refractivity contribution is 6.30. The van der Waals surface area contributed by atoms with Gasteiger partial charge in [-0.3, -0.25) is 9.69 Å². The molecule has 2 atom stereocenters. The molecule has 5 rings (SSSR count). The summed E-state index contributed by atoms with van der Waals surface area (Å²) in [5.74, 6) is -0.293. The number of rotatable bonds is 7. The predicted octanol–water partition coefficient (Wildman–Crippen LogP) is 5.26. The summed E-state index contributed by atoms with van der Waals surface area (Å²) in [5, 5.41) is 11.2. The maximum absolute atomic E-state index is 13.9. The van der Waals surface area contributed by atoms with E-state index in [0.29, 0.717) is 60.9 Å². The van der Waals surface area contributed by atoms with Gasteiger partial charge in [-0.05, 0) is 70.4 Å². The molecule has 40 heavy (non-hydrogen) atoms. The first-order valence-electron chi connectivity index (χ1n) is 14.1. The molecular weight excluding hydrogens is 533 g/mol. The van der Waals surface area contributed by atoms with Gasteiger partial charge in [0.15, 0.2) is 0 Å². The van der Waals surface area contributed by atoms with E-state index in [1.807, 2.05) is 24.8 Å². The number of benzene rings is 1. The number of piperidine rings is 1. The number of nitrogens with zero attached hydrogens (tertiary/aromatic N) is 6. The number of aromatic nitrogens is 3. The standard InChI is InChI=1S/C29H37ClFN7O2/c1-5-21-17-37(26-10-9-25(33-19(26)4)27-34-35-29(40-27)32-6-2)18(3)16-38(21)22-11-13-36(14-12-22)28(39)20-7-8-23(30)24(31)15-20/h7-10,15,18,21-22H,5-6,11-14,16-17H2,1-4H3,(H,32,35)/t18-,21+/m1/s1. The van der Waals surface area contributed by atoms with Gasteiger partial charge in [0.1, 0.15) is 11.5 Å². The van der Waals surface area contributed by atoms with Crippen LogP contribution in [-0.4, -0.2) is 81.7 Å². The Bertz CT molecular complexity index is 1340. The number of likely N-dealkylation sites (tertiary alicyclic amines) is 1. The van der Waals surface area contributed by atoms with Crippen LogP contribution in [0.3, 0.4) is 0 Å². The fourth-order valence-electron chi connectivity index (χ4n) is 5.95. The summed E-state index contributed by atoms with van der Waals surface area (Å²) in [7, 11) is 0. The second kappa shape index (κ2) is 12.1. The molecule has 0 bridgehead atoms. The lowest BCUT2D eigenvalue weighted by Crippen LogP contribution is -2.61. The first-order valence-corrected chi connectivity index (χ1v) is 14.5. The van der Waals surface area contributed by atoms with Crippen molar-refractivity contribution in [3.8, 4) is 11.6 Å². The smallest absolute Gasteiger partial charge is 0.315 e. The van der Waals surface area contributed by atoms with Crippen molar-refractivity contribution in [3.63, 3.8) is 0 Å². The summed E-state index contributed by atoms with van der Waals surface area (Å²) in [5.41, 5.74) is 3.07. The minimum atomic E-state index is -0.562. The maximum Gasteiger partial charge on any atom is 0.315 e. The Labute approximate surface area is 239 Å². The quantitative estimate of drug-likeness (QED) is 0.412. The van der Waals surface area contributed by atoms with Gasteiger partial charge in [0.05, 0.1) is 16.4 Å². The summed E-state index contributed by atoms with van der Waals surface area (Å²) < 4.78 is 19.6. The molecular formula is C29H37ClFN7O2. The van der Waals surface area contributed by atoms with E-state index in [9.17, 15) is 9.18 Å². The first-order chi connectivity index (χ1) is 19.3. The summed E-state index contributed by atoms with van der Waals surface area (Å²) in [6, 6.07) is 9.83. The molecule has 0 radical (unpaired) electrons. The van der Waals surface area contributed by atoms with E-state index in [-0.39, 0.29) is 10.9 Å². The molecule has 1 aromatic carbocycles. The third-order valence-electron chi connectivity index (χ3n) is 8.08. The topological polar surface area (TPSA) is 90.6 Å². The lowest BCUT2D eigenvalue weighted by Gasteiger charge is -2.51. The molecule has 0 saturated carbocycles. The number of carbonyl (C=O) groups excluding carboxylic acids is 1. The number of carbonyl (C=O) groups is 1. The van der Waals surface area contributed by atoms with Crippen LogP contribution in [0.25, 0.3) is 11.6 Å². The molecule has 0 aliphatic carbocycles. The van der Waals surface area contributed by atoms with E-state index in [1.54, 1.807) is 6.07 Å². The van der Waals surface area contributed by atoms with Crippen molar-refractivity contribution in [3.05, 3.63) is 52.4 Å². The Morgan fingerprint density at radius 3 is 2.60 bits per heavy atom. The summed E-state index contributed by atoms with van der Waals surface area (Å²) >= 11 is 5.79. The summed E-state index contributed by atoms with van der Waals surface area (Å²) in [6.45, 7) is 12.4. The molecule has 2 fully saturated rings. The van der Waals surface area contributed by atoms with Crippen molar-refractivity contribution in [1.82, 2.24) is 25.0 Å². The van der Waals surface area contributed by atoms with Gasteiger partial charge in [-0.15, -0.1) is 5.10 Å². The molecule has 2 aliphatic heterocycles. The summed E-state index contributed by atoms with van der Waals surface area (Å²) in [6.07, 6.45) is 2.84. The maximum atomic E-state index is 13.9. The van der Waals surface area contributed by atoms with E-state index in [1.165, 1.54) is 12.1 Å². The van der Waals surface area contributed by atoms with Crippen LogP contribution in [-0.2, 0) is 0 Å². The molecule has 1 N–H and O–H groups in total. The van der Waals surface area contributed by atoms with Crippen LogP contribution < -0.4 is 10.2 Å². The van der Waals surface area contributed by atoms with E-state index < -0.39 is 5.82 Å². The third kappa shape index (κ3) is 5.78. The molecule has 4 heterocycles. The van der Waals surface area contributed by atoms with Crippen molar-refractivity contribution < 1.29 is 13.6 Å². The Kier molecular flexibility index (Phi) is 8.56. The van der Waals surface area contributed by atoms with Gasteiger partial charge in [-0.1, -0.05) is 23.6 Å². The average Bonchev–Trinajstić information content (AvgIpc) is 3.43. The number of nitrogens with one attached hydrogen (secondary N) is 1. The second-order valence-corrected chi connectivity index (χ2v) is 11.1. The Morgan fingerprint density at radius 1 is 1.15 bits per heavy atom. The van der Waals surface area contributed by atoms with Gasteiger partial charge in [-0.25, -0.2) is 9.37 Å². The Hall–Kier alpha value is -3.24. The zero-order valence-corrected chi connectivity index (χ0v) is 24.3. The highest BCUT2D eigenvalue weighted by atomic mass is 35.5. The summed E-state index contributed by atoms with van der Waals surface area (Å²) in [4.78, 5) is 24.7. The molecule has 1 amide bonds. The molecule has 2 saturated heterocycles. The fourth-order valence-corrected chi connectivity index (χ4v) is 6.07. The van der Waals surface area contributed by atoms with Gasteiger partial charge < -0.3 is 19.5 Å². The second-order valence-electron chi connectivity index (χ2n) is 10.7. The van der Waals surface area contributed by atoms with Crippen molar-refractivity contribution in [1.29, 1.82) is 0 Å². The number of amides is 1. The number of piperazine rings is 1. The number of hydrogen-bond acceptors (Lipinski definition) is 8. The van der Waals surface area contributed by atoms with Crippen LogP contribution in [0.4, 0.5) is 16.1 Å². The monoisotopic (exact) mass is 569 g/mol. The van der Waals surface area contributed by atoms with Crippen LogP contribution in [0, 0.1) is 12.7 Å². The molecule has 2 aromatic heterocycles. The zero-order valence-electron chi connectivity index (χ0n) is 23.5. The van der Waals surface area contributed by atoms with Crippen molar-refractivity contribution in [2.45, 2.75) is 65.1 Å². The van der Waals surface area contributed by atoms with Crippen LogP contribution in [0.2, 0.25) is 5.02 Å². The number of aryl methyl sites for hydroxylation is 1. The molecule has 0 spiro atoms. The lowest BCUT2D eigenvalue weighted by molar-refractivity contribution is 0.0435. The highest BCUT2D eigenvalue weighted by Crippen LogP contribution is 2.32. The third-order valence-corrected chi connectivity index (χ3v) is 8.39. The molecule has 9 nitrogen and oxygen atoms in total. The van der Waals surface area contributed by atoms with Crippen LogP contribution in [0.15, 0.2) is 34.7 Å². The Morgan fingerprint density at radius 2 is 1.93 bits per heavy atom. The normalized spacial score (nSPS) is 20.6. The minimum Gasteiger partial charge on any atom is -0.402 e.